The molecule has 0 saturated heterocycles. The first-order valence-corrected chi connectivity index (χ1v) is 11.2. The topological polar surface area (TPSA) is 94.0 Å². The second-order valence-corrected chi connectivity index (χ2v) is 9.30. The molecule has 2 amide bonds. The molecule has 4 rings (SSSR count). The largest absolute Gasteiger partial charge is 0.265 e. The maximum Gasteiger partial charge on any atom is 0.0700 e. The Morgan fingerprint density at radius 2 is 1.67 bits per heavy atom. The van der Waals surface area contributed by atoms with E-state index in [0.29, 0.717) is 23.0 Å². The van der Waals surface area contributed by atoms with Crippen LogP contribution in [-0.4, -0.2) is 42.6 Å². The average Bonchev–Trinajstić information content (AvgIpc) is 3.20. The van der Waals surface area contributed by atoms with Crippen molar-refractivity contribution in [3.8, 4) is 17.2 Å². The predicted octanol–water partition coefficient (Wildman–Crippen LogP) is 4.19. The van der Waals surface area contributed by atoms with Crippen molar-refractivity contribution in [1.82, 2.24) is 19.7 Å². The first-order valence-electron chi connectivity index (χ1n) is 10.3. The average molecular weight is 502 g/mol. The van der Waals surface area contributed by atoms with Crippen LogP contribution in [0, 0.1) is 0 Å². The Labute approximate surface area is 200 Å². The zero-order valence-electron chi connectivity index (χ0n) is 18.5. The molecule has 0 aliphatic carbocycles. The Hall–Kier alpha value is -3.64. The van der Waals surface area contributed by atoms with Gasteiger partial charge in [-0.3, -0.25) is 4.98 Å². The number of rotatable bonds is 5. The Morgan fingerprint density at radius 1 is 0.939 bits per heavy atom. The van der Waals surface area contributed by atoms with E-state index in [1.54, 1.807) is 53.6 Å². The molecule has 2 N–H and O–H groups in total. The van der Waals surface area contributed by atoms with E-state index in [1.807, 2.05) is 24.3 Å². The van der Waals surface area contributed by atoms with E-state index >= 15 is 0 Å². The maximum atomic E-state index is 12.7. The van der Waals surface area contributed by atoms with Gasteiger partial charge >= 0.3 is 118 Å². The minimum Gasteiger partial charge on any atom is -0.265 e. The quantitative estimate of drug-likeness (QED) is 0.400. The van der Waals surface area contributed by atoms with E-state index in [1.165, 1.54) is 0 Å². The summed E-state index contributed by atoms with van der Waals surface area (Å²) in [5.41, 5.74) is 2.13. The summed E-state index contributed by atoms with van der Waals surface area (Å²) >= 11 is 2.38. The van der Waals surface area contributed by atoms with Gasteiger partial charge in [0, 0.05) is 23.9 Å². The molecule has 9 heteroatoms. The molecule has 0 saturated carbocycles. The number of nitrogens with one attached hydrogen (secondary N) is 2. The fourth-order valence-electron chi connectivity index (χ4n) is 3.00. The summed E-state index contributed by atoms with van der Waals surface area (Å²) in [4.78, 5) is 20.9. The zero-order valence-corrected chi connectivity index (χ0v) is 20.4. The molecule has 3 heterocycles. The number of ether oxygens (including phenoxy) is 1. The van der Waals surface area contributed by atoms with Crippen molar-refractivity contribution in [2.24, 2.45) is 0 Å². The smallest absolute Gasteiger partial charge is 0.0700 e. The second-order valence-electron chi connectivity index (χ2n) is 8.34. The van der Waals surface area contributed by atoms with Crippen molar-refractivity contribution < 1.29 is 9.53 Å². The fourth-order valence-corrected chi connectivity index (χ4v) is 3.41. The molecule has 3 aromatic heterocycles. The van der Waals surface area contributed by atoms with Gasteiger partial charge in [0.2, 0.25) is 0 Å². The Bertz CT molecular complexity index is 1250. The number of amides is 2. The SMILES string of the molecule is CC(C)(C)c1cc(NC(=O)Nc2ccc(Oc3ccnc([As])c3)cc2)n(-c2ccncc2)n1. The monoisotopic (exact) mass is 502 g/mol. The Kier molecular flexibility index (Phi) is 6.47. The van der Waals surface area contributed by atoms with Crippen LogP contribution in [0.15, 0.2) is 73.2 Å². The minimum atomic E-state index is -0.373. The van der Waals surface area contributed by atoms with E-state index in [2.05, 4.69) is 58.2 Å². The van der Waals surface area contributed by atoms with Gasteiger partial charge in [-0.15, -0.1) is 0 Å². The van der Waals surface area contributed by atoms with E-state index in [0.717, 1.165) is 15.9 Å². The third-order valence-corrected chi connectivity index (χ3v) is 5.20. The summed E-state index contributed by atoms with van der Waals surface area (Å²) in [6, 6.07) is 15.9. The predicted molar refractivity (Wildman–Crippen MR) is 129 cm³/mol. The fraction of sp³-hybridized carbons (Fsp3) is 0.167. The third kappa shape index (κ3) is 5.79. The summed E-state index contributed by atoms with van der Waals surface area (Å²) < 4.78 is 8.34. The van der Waals surface area contributed by atoms with E-state index in [4.69, 9.17) is 9.84 Å². The molecule has 8 nitrogen and oxygen atoms in total. The molecular weight excluding hydrogens is 479 g/mol. The van der Waals surface area contributed by atoms with Crippen LogP contribution in [0.3, 0.4) is 0 Å². The number of nitrogens with zero attached hydrogens (tertiary/aromatic N) is 4. The van der Waals surface area contributed by atoms with E-state index < -0.39 is 0 Å². The summed E-state index contributed by atoms with van der Waals surface area (Å²) in [6.07, 6.45) is 5.06. The van der Waals surface area contributed by atoms with Crippen LogP contribution in [0.5, 0.6) is 11.5 Å². The normalized spacial score (nSPS) is 11.2. The molecule has 0 bridgehead atoms. The van der Waals surface area contributed by atoms with Gasteiger partial charge in [0.1, 0.15) is 0 Å². The number of benzene rings is 1. The number of pyridine rings is 2. The number of hydrogen-bond acceptors (Lipinski definition) is 5. The standard InChI is InChI=1S/C24H23AsN6O2/c1-24(2,3)20-15-22(31(30-20)17-8-11-26-12-9-17)29-23(32)28-16-4-6-18(7-5-16)33-19-10-13-27-21(25)14-19/h4-15H,1-3H3,(H2,28,29,32). The maximum absolute atomic E-state index is 12.7. The molecule has 0 spiro atoms. The molecule has 0 aliphatic rings. The van der Waals surface area contributed by atoms with Crippen molar-refractivity contribution in [3.63, 3.8) is 0 Å². The van der Waals surface area contributed by atoms with Crippen molar-refractivity contribution in [2.45, 2.75) is 26.2 Å². The Balaban J connectivity index is 1.47. The van der Waals surface area contributed by atoms with Crippen LogP contribution in [0.25, 0.3) is 5.69 Å². The number of aromatic nitrogens is 4. The van der Waals surface area contributed by atoms with Crippen molar-refractivity contribution in [2.75, 3.05) is 10.6 Å². The van der Waals surface area contributed by atoms with Gasteiger partial charge in [-0.1, -0.05) is 20.8 Å². The molecule has 4 aromatic rings. The number of hydrogen-bond donors (Lipinski definition) is 2. The second kappa shape index (κ2) is 9.46. The van der Waals surface area contributed by atoms with Crippen LogP contribution in [0.2, 0.25) is 0 Å². The third-order valence-electron chi connectivity index (χ3n) is 4.69. The van der Waals surface area contributed by atoms with Gasteiger partial charge in [0.15, 0.2) is 0 Å². The molecule has 0 atom stereocenters. The van der Waals surface area contributed by atoms with Crippen molar-refractivity contribution in [1.29, 1.82) is 0 Å². The Morgan fingerprint density at radius 3 is 2.33 bits per heavy atom. The minimum absolute atomic E-state index is 0.173. The molecule has 0 unspecified atom stereocenters. The summed E-state index contributed by atoms with van der Waals surface area (Å²) in [5, 5.41) is 10.4. The molecular formula is C24H23AsN6O2. The first kappa shape index (κ1) is 22.5. The molecule has 1 aromatic carbocycles. The van der Waals surface area contributed by atoms with Crippen LogP contribution >= 0.6 is 0 Å². The number of anilines is 2. The van der Waals surface area contributed by atoms with Crippen molar-refractivity contribution >= 4 is 38.9 Å². The van der Waals surface area contributed by atoms with Gasteiger partial charge in [-0.25, -0.2) is 4.68 Å². The van der Waals surface area contributed by atoms with Gasteiger partial charge in [0.05, 0.1) is 11.4 Å². The molecule has 166 valence electrons. The molecule has 0 aliphatic heterocycles. The molecule has 2 radical (unpaired) electrons. The van der Waals surface area contributed by atoms with Crippen molar-refractivity contribution in [3.05, 3.63) is 78.9 Å². The van der Waals surface area contributed by atoms with E-state index in [9.17, 15) is 4.79 Å². The van der Waals surface area contributed by atoms with E-state index in [-0.39, 0.29) is 11.4 Å². The van der Waals surface area contributed by atoms with Crippen LogP contribution < -0.4 is 19.9 Å². The van der Waals surface area contributed by atoms with Gasteiger partial charge < -0.3 is 0 Å². The van der Waals surface area contributed by atoms with Gasteiger partial charge in [0.25, 0.3) is 0 Å². The summed E-state index contributed by atoms with van der Waals surface area (Å²) in [7, 11) is 0. The van der Waals surface area contributed by atoms with Gasteiger partial charge in [-0.2, -0.15) is 5.10 Å². The molecule has 0 fully saturated rings. The zero-order chi connectivity index (χ0) is 23.4. The molecule has 33 heavy (non-hydrogen) atoms. The number of carbonyl (C=O) groups is 1. The van der Waals surface area contributed by atoms with Crippen LogP contribution in [-0.2, 0) is 5.41 Å². The number of urea groups is 1. The van der Waals surface area contributed by atoms with Crippen LogP contribution in [0.4, 0.5) is 16.3 Å². The van der Waals surface area contributed by atoms with Crippen LogP contribution in [0.1, 0.15) is 26.5 Å². The number of carbonyl (C=O) groups excluding carboxylic acids is 1. The summed E-state index contributed by atoms with van der Waals surface area (Å²) in [6.45, 7) is 6.23. The van der Waals surface area contributed by atoms with Gasteiger partial charge in [-0.05, 0) is 12.1 Å². The summed E-state index contributed by atoms with van der Waals surface area (Å²) in [5.74, 6) is 1.91. The first-order chi connectivity index (χ1) is 15.8.